The van der Waals surface area contributed by atoms with Gasteiger partial charge in [-0.05, 0) is 11.6 Å². The maximum absolute atomic E-state index is 5.52. The van der Waals surface area contributed by atoms with Crippen molar-refractivity contribution in [3.8, 4) is 11.4 Å². The third kappa shape index (κ3) is 1.10. The monoisotopic (exact) mass is 169 g/mol. The molecule has 0 aliphatic heterocycles. The Hall–Kier alpha value is -1.36. The van der Waals surface area contributed by atoms with Crippen LogP contribution in [-0.4, -0.2) is 25.4 Å². The molecule has 2 heterocycles. The van der Waals surface area contributed by atoms with Gasteiger partial charge in [-0.1, -0.05) is 0 Å². The largest absolute Gasteiger partial charge is 0.285 e. The van der Waals surface area contributed by atoms with E-state index in [-0.39, 0.29) is 5.28 Å². The zero-order valence-corrected chi connectivity index (χ0v) is 6.13. The van der Waals surface area contributed by atoms with Gasteiger partial charge in [0.15, 0.2) is 5.82 Å². The molecule has 0 saturated carbocycles. The summed E-state index contributed by atoms with van der Waals surface area (Å²) in [5.41, 5.74) is 0.813. The van der Waals surface area contributed by atoms with Crippen molar-refractivity contribution in [3.05, 3.63) is 17.7 Å². The number of hydrogen-bond acceptors (Lipinski definition) is 3. The maximum Gasteiger partial charge on any atom is 0.218 e. The van der Waals surface area contributed by atoms with E-state index in [1.54, 1.807) is 12.4 Å². The summed E-state index contributed by atoms with van der Waals surface area (Å²) < 4.78 is 0. The highest BCUT2D eigenvalue weighted by Crippen LogP contribution is 2.12. The molecule has 2 N–H and O–H groups in total. The van der Waals surface area contributed by atoms with E-state index < -0.39 is 0 Å². The lowest BCUT2D eigenvalue weighted by Crippen LogP contribution is -1.75. The summed E-state index contributed by atoms with van der Waals surface area (Å²) >= 11 is 5.52. The van der Waals surface area contributed by atoms with Gasteiger partial charge in [0.2, 0.25) is 5.28 Å². The van der Waals surface area contributed by atoms with Gasteiger partial charge in [-0.3, -0.25) is 5.10 Å². The van der Waals surface area contributed by atoms with Crippen LogP contribution in [0.4, 0.5) is 0 Å². The standard InChI is InChI=1S/C5H4ClN5/c6-5-9-4(10-11-5)3-1-7-8-2-3/h1-2H,(H,7,8)(H,9,10,11). The lowest BCUT2D eigenvalue weighted by Gasteiger charge is -1.80. The normalized spacial score (nSPS) is 10.3. The van der Waals surface area contributed by atoms with Crippen molar-refractivity contribution >= 4 is 11.6 Å². The molecule has 0 aliphatic carbocycles. The van der Waals surface area contributed by atoms with Gasteiger partial charge < -0.3 is 0 Å². The number of aromatic amines is 2. The summed E-state index contributed by atoms with van der Waals surface area (Å²) in [7, 11) is 0. The third-order valence-electron chi connectivity index (χ3n) is 1.21. The molecular formula is C5H4ClN5. The fourth-order valence-electron chi connectivity index (χ4n) is 0.744. The van der Waals surface area contributed by atoms with Crippen molar-refractivity contribution in [3.63, 3.8) is 0 Å². The topological polar surface area (TPSA) is 70.2 Å². The van der Waals surface area contributed by atoms with E-state index in [0.717, 1.165) is 5.56 Å². The van der Waals surface area contributed by atoms with E-state index in [0.29, 0.717) is 5.82 Å². The second kappa shape index (κ2) is 2.35. The molecule has 2 aromatic heterocycles. The van der Waals surface area contributed by atoms with Crippen molar-refractivity contribution in [2.45, 2.75) is 0 Å². The molecule has 6 heteroatoms. The van der Waals surface area contributed by atoms with Gasteiger partial charge in [-0.2, -0.15) is 15.2 Å². The molecular weight excluding hydrogens is 166 g/mol. The first-order chi connectivity index (χ1) is 5.36. The Labute approximate surface area is 66.8 Å². The van der Waals surface area contributed by atoms with Crippen LogP contribution in [-0.2, 0) is 0 Å². The van der Waals surface area contributed by atoms with E-state index in [9.17, 15) is 0 Å². The van der Waals surface area contributed by atoms with E-state index in [2.05, 4.69) is 25.4 Å². The lowest BCUT2D eigenvalue weighted by atomic mass is 10.3. The van der Waals surface area contributed by atoms with Crippen molar-refractivity contribution < 1.29 is 0 Å². The van der Waals surface area contributed by atoms with Crippen LogP contribution in [0.25, 0.3) is 11.4 Å². The van der Waals surface area contributed by atoms with Crippen molar-refractivity contribution in [1.29, 1.82) is 0 Å². The molecule has 0 saturated heterocycles. The number of aromatic nitrogens is 5. The minimum Gasteiger partial charge on any atom is -0.285 e. The smallest absolute Gasteiger partial charge is 0.218 e. The first-order valence-corrected chi connectivity index (χ1v) is 3.31. The molecule has 2 rings (SSSR count). The third-order valence-corrected chi connectivity index (χ3v) is 1.38. The number of H-pyrrole nitrogens is 2. The maximum atomic E-state index is 5.52. The molecule has 0 amide bonds. The van der Waals surface area contributed by atoms with Crippen molar-refractivity contribution in [1.82, 2.24) is 25.4 Å². The molecule has 0 bridgehead atoms. The minimum absolute atomic E-state index is 0.279. The van der Waals surface area contributed by atoms with Gasteiger partial charge in [0.25, 0.3) is 0 Å². The molecule has 0 unspecified atom stereocenters. The van der Waals surface area contributed by atoms with Crippen molar-refractivity contribution in [2.24, 2.45) is 0 Å². The molecule has 0 aliphatic rings. The van der Waals surface area contributed by atoms with E-state index >= 15 is 0 Å². The number of nitrogens with one attached hydrogen (secondary N) is 2. The first kappa shape index (κ1) is 6.36. The van der Waals surface area contributed by atoms with Gasteiger partial charge in [0.1, 0.15) is 0 Å². The molecule has 2 aromatic rings. The Kier molecular flexibility index (Phi) is 1.36. The molecule has 0 fully saturated rings. The summed E-state index contributed by atoms with van der Waals surface area (Å²) in [6.45, 7) is 0. The second-order valence-electron chi connectivity index (χ2n) is 1.94. The summed E-state index contributed by atoms with van der Waals surface area (Å²) in [5, 5.41) is 13.0. The number of rotatable bonds is 1. The fraction of sp³-hybridized carbons (Fsp3) is 0. The van der Waals surface area contributed by atoms with Crippen LogP contribution in [0.2, 0.25) is 5.28 Å². The zero-order valence-electron chi connectivity index (χ0n) is 5.37. The molecule has 5 nitrogen and oxygen atoms in total. The highest BCUT2D eigenvalue weighted by atomic mass is 35.5. The molecule has 0 atom stereocenters. The van der Waals surface area contributed by atoms with Crippen LogP contribution in [0, 0.1) is 0 Å². The number of nitrogens with zero attached hydrogens (tertiary/aromatic N) is 3. The highest BCUT2D eigenvalue weighted by molar-refractivity contribution is 6.28. The minimum atomic E-state index is 0.279. The van der Waals surface area contributed by atoms with Crippen LogP contribution in [0.15, 0.2) is 12.4 Å². The predicted molar refractivity (Wildman–Crippen MR) is 39.0 cm³/mol. The lowest BCUT2D eigenvalue weighted by molar-refractivity contribution is 1.09. The molecule has 0 aromatic carbocycles. The summed E-state index contributed by atoms with van der Waals surface area (Å²) in [4.78, 5) is 3.89. The Bertz CT molecular complexity index is 337. The molecule has 11 heavy (non-hydrogen) atoms. The Morgan fingerprint density at radius 3 is 2.91 bits per heavy atom. The van der Waals surface area contributed by atoms with Crippen LogP contribution < -0.4 is 0 Å². The molecule has 0 radical (unpaired) electrons. The quantitative estimate of drug-likeness (QED) is 0.665. The Morgan fingerprint density at radius 1 is 1.45 bits per heavy atom. The average molecular weight is 170 g/mol. The predicted octanol–water partition coefficient (Wildman–Crippen LogP) is 0.848. The highest BCUT2D eigenvalue weighted by Gasteiger charge is 2.03. The van der Waals surface area contributed by atoms with Crippen LogP contribution in [0.1, 0.15) is 0 Å². The van der Waals surface area contributed by atoms with Gasteiger partial charge in [0.05, 0.1) is 11.8 Å². The van der Waals surface area contributed by atoms with E-state index in [1.165, 1.54) is 0 Å². The summed E-state index contributed by atoms with van der Waals surface area (Å²) in [6.07, 6.45) is 3.32. The molecule has 56 valence electrons. The number of halogens is 1. The van der Waals surface area contributed by atoms with E-state index in [1.807, 2.05) is 0 Å². The number of hydrogen-bond donors (Lipinski definition) is 2. The van der Waals surface area contributed by atoms with Gasteiger partial charge >= 0.3 is 0 Å². The van der Waals surface area contributed by atoms with Gasteiger partial charge in [-0.25, -0.2) is 5.10 Å². The average Bonchev–Trinajstić information content (AvgIpc) is 2.55. The fourth-order valence-corrected chi connectivity index (χ4v) is 0.867. The Balaban J connectivity index is 2.45. The second-order valence-corrected chi connectivity index (χ2v) is 2.29. The molecule has 0 spiro atoms. The summed E-state index contributed by atoms with van der Waals surface area (Å²) in [5.74, 6) is 0.545. The first-order valence-electron chi connectivity index (χ1n) is 2.93. The van der Waals surface area contributed by atoms with Crippen LogP contribution in [0.5, 0.6) is 0 Å². The van der Waals surface area contributed by atoms with Gasteiger partial charge in [0, 0.05) is 6.20 Å². The zero-order chi connectivity index (χ0) is 7.68. The Morgan fingerprint density at radius 2 is 2.36 bits per heavy atom. The SMILES string of the molecule is Clc1nc(-c2cn[nH]c2)n[nH]1. The van der Waals surface area contributed by atoms with E-state index in [4.69, 9.17) is 11.6 Å². The summed E-state index contributed by atoms with van der Waals surface area (Å²) in [6, 6.07) is 0. The van der Waals surface area contributed by atoms with Crippen LogP contribution >= 0.6 is 11.6 Å². The van der Waals surface area contributed by atoms with Crippen LogP contribution in [0.3, 0.4) is 0 Å². The van der Waals surface area contributed by atoms with Crippen molar-refractivity contribution in [2.75, 3.05) is 0 Å². The van der Waals surface area contributed by atoms with Gasteiger partial charge in [-0.15, -0.1) is 0 Å².